The van der Waals surface area contributed by atoms with Crippen LogP contribution in [-0.4, -0.2) is 56.6 Å². The number of nitrogens with zero attached hydrogens (tertiary/aromatic N) is 2. The number of halogens is 2. The molecule has 2 aromatic carbocycles. The van der Waals surface area contributed by atoms with E-state index in [-0.39, 0.29) is 29.2 Å². The number of sulfonamides is 1. The van der Waals surface area contributed by atoms with Crippen molar-refractivity contribution in [2.75, 3.05) is 23.7 Å². The Morgan fingerprint density at radius 2 is 1.67 bits per heavy atom. The molecule has 1 atom stereocenters. The summed E-state index contributed by atoms with van der Waals surface area (Å²) in [7, 11) is -3.86. The molecule has 7 nitrogen and oxygen atoms in total. The van der Waals surface area contributed by atoms with Crippen LogP contribution in [0.1, 0.15) is 26.3 Å². The highest BCUT2D eigenvalue weighted by Crippen LogP contribution is 2.30. The zero-order chi connectivity index (χ0) is 24.8. The number of hydrogen-bond donors (Lipinski definition) is 1. The van der Waals surface area contributed by atoms with Crippen molar-refractivity contribution in [2.24, 2.45) is 0 Å². The predicted octanol–water partition coefficient (Wildman–Crippen LogP) is 3.74. The zero-order valence-corrected chi connectivity index (χ0v) is 21.4. The van der Waals surface area contributed by atoms with Gasteiger partial charge in [-0.3, -0.25) is 13.9 Å². The maximum Gasteiger partial charge on any atom is 0.244 e. The number of benzene rings is 2. The van der Waals surface area contributed by atoms with Gasteiger partial charge in [0.2, 0.25) is 21.8 Å². The van der Waals surface area contributed by atoms with Gasteiger partial charge in [-0.1, -0.05) is 53.5 Å². The molecule has 0 bridgehead atoms. The van der Waals surface area contributed by atoms with Crippen molar-refractivity contribution < 1.29 is 18.0 Å². The summed E-state index contributed by atoms with van der Waals surface area (Å²) in [5.41, 5.74) is 1.13. The summed E-state index contributed by atoms with van der Waals surface area (Å²) in [6.45, 7) is 5.01. The Kier molecular flexibility index (Phi) is 9.57. The van der Waals surface area contributed by atoms with Crippen LogP contribution in [0.4, 0.5) is 5.69 Å². The summed E-state index contributed by atoms with van der Waals surface area (Å²) in [6, 6.07) is 13.0. The van der Waals surface area contributed by atoms with Crippen molar-refractivity contribution in [1.29, 1.82) is 0 Å². The SMILES string of the molecule is CC(C)NC(=O)[C@@H](C)N(CCc1ccccc1)C(=O)CN(c1ccc(Cl)cc1Cl)S(C)(=O)=O. The van der Waals surface area contributed by atoms with Crippen LogP contribution < -0.4 is 9.62 Å². The smallest absolute Gasteiger partial charge is 0.244 e. The Hall–Kier alpha value is -2.29. The lowest BCUT2D eigenvalue weighted by Crippen LogP contribution is -2.53. The highest BCUT2D eigenvalue weighted by atomic mass is 35.5. The van der Waals surface area contributed by atoms with Crippen LogP contribution in [0.2, 0.25) is 10.0 Å². The molecule has 0 saturated heterocycles. The van der Waals surface area contributed by atoms with Crippen molar-refractivity contribution in [3.05, 3.63) is 64.1 Å². The summed E-state index contributed by atoms with van der Waals surface area (Å²) in [6.07, 6.45) is 1.50. The molecule has 10 heteroatoms. The first-order chi connectivity index (χ1) is 15.4. The molecule has 0 aliphatic carbocycles. The van der Waals surface area contributed by atoms with E-state index in [2.05, 4.69) is 5.32 Å². The van der Waals surface area contributed by atoms with Gasteiger partial charge in [0.25, 0.3) is 0 Å². The first-order valence-electron chi connectivity index (χ1n) is 10.5. The Bertz CT molecular complexity index is 1080. The van der Waals surface area contributed by atoms with Crippen molar-refractivity contribution >= 4 is 50.7 Å². The molecule has 0 radical (unpaired) electrons. The molecule has 0 aliphatic rings. The molecule has 2 amide bonds. The summed E-state index contributed by atoms with van der Waals surface area (Å²) in [5, 5.41) is 3.25. The van der Waals surface area contributed by atoms with Crippen molar-refractivity contribution in [2.45, 2.75) is 39.3 Å². The largest absolute Gasteiger partial charge is 0.352 e. The van der Waals surface area contributed by atoms with E-state index < -0.39 is 28.5 Å². The Morgan fingerprint density at radius 3 is 2.21 bits per heavy atom. The third kappa shape index (κ3) is 7.91. The van der Waals surface area contributed by atoms with Gasteiger partial charge >= 0.3 is 0 Å². The molecule has 0 aromatic heterocycles. The number of anilines is 1. The van der Waals surface area contributed by atoms with E-state index in [9.17, 15) is 18.0 Å². The van der Waals surface area contributed by atoms with Gasteiger partial charge < -0.3 is 10.2 Å². The van der Waals surface area contributed by atoms with Gasteiger partial charge in [0.1, 0.15) is 12.6 Å². The first-order valence-corrected chi connectivity index (χ1v) is 13.1. The molecule has 0 saturated carbocycles. The molecule has 0 spiro atoms. The average Bonchev–Trinajstić information content (AvgIpc) is 2.72. The van der Waals surface area contributed by atoms with E-state index in [1.54, 1.807) is 6.92 Å². The molecule has 2 aromatic rings. The Labute approximate surface area is 205 Å². The number of carbonyl (C=O) groups is 2. The molecule has 0 fully saturated rings. The van der Waals surface area contributed by atoms with Gasteiger partial charge in [0.05, 0.1) is 17.0 Å². The lowest BCUT2D eigenvalue weighted by molar-refractivity contribution is -0.139. The molecular weight excluding hydrogens is 485 g/mol. The lowest BCUT2D eigenvalue weighted by Gasteiger charge is -2.32. The Morgan fingerprint density at radius 1 is 1.03 bits per heavy atom. The third-order valence-corrected chi connectivity index (χ3v) is 6.60. The van der Waals surface area contributed by atoms with Crippen LogP contribution in [-0.2, 0) is 26.0 Å². The van der Waals surface area contributed by atoms with Gasteiger partial charge in [-0.2, -0.15) is 0 Å². The van der Waals surface area contributed by atoms with Crippen LogP contribution in [0.5, 0.6) is 0 Å². The van der Waals surface area contributed by atoms with Gasteiger partial charge in [0, 0.05) is 17.6 Å². The third-order valence-electron chi connectivity index (χ3n) is 4.94. The van der Waals surface area contributed by atoms with E-state index in [0.717, 1.165) is 16.1 Å². The highest BCUT2D eigenvalue weighted by molar-refractivity contribution is 7.92. The molecule has 1 N–H and O–H groups in total. The monoisotopic (exact) mass is 513 g/mol. The number of rotatable bonds is 10. The quantitative estimate of drug-likeness (QED) is 0.524. The number of carbonyl (C=O) groups excluding carboxylic acids is 2. The molecule has 0 unspecified atom stereocenters. The highest BCUT2D eigenvalue weighted by Gasteiger charge is 2.30. The fourth-order valence-corrected chi connectivity index (χ4v) is 4.68. The number of hydrogen-bond acceptors (Lipinski definition) is 4. The summed E-state index contributed by atoms with van der Waals surface area (Å²) < 4.78 is 26.0. The van der Waals surface area contributed by atoms with Crippen LogP contribution >= 0.6 is 23.2 Å². The van der Waals surface area contributed by atoms with Gasteiger partial charge in [-0.25, -0.2) is 8.42 Å². The van der Waals surface area contributed by atoms with Crippen molar-refractivity contribution in [3.63, 3.8) is 0 Å². The topological polar surface area (TPSA) is 86.8 Å². The zero-order valence-electron chi connectivity index (χ0n) is 19.1. The standard InChI is InChI=1S/C23H29Cl2N3O4S/c1-16(2)26-23(30)17(3)27(13-12-18-8-6-5-7-9-18)22(29)15-28(33(4,31)32)21-11-10-19(24)14-20(21)25/h5-11,14,16-17H,12-13,15H2,1-4H3,(H,26,30)/t17-/m1/s1. The Balaban J connectivity index is 2.34. The summed E-state index contributed by atoms with van der Waals surface area (Å²) >= 11 is 12.2. The van der Waals surface area contributed by atoms with E-state index >= 15 is 0 Å². The van der Waals surface area contributed by atoms with Crippen LogP contribution in [0, 0.1) is 0 Å². The first kappa shape index (κ1) is 27.0. The molecule has 33 heavy (non-hydrogen) atoms. The van der Waals surface area contributed by atoms with E-state index in [0.29, 0.717) is 11.4 Å². The number of amides is 2. The van der Waals surface area contributed by atoms with E-state index in [1.165, 1.54) is 23.1 Å². The molecule has 2 rings (SSSR count). The fourth-order valence-electron chi connectivity index (χ4n) is 3.25. The summed E-state index contributed by atoms with van der Waals surface area (Å²) in [5.74, 6) is -0.837. The predicted molar refractivity (Wildman–Crippen MR) is 133 cm³/mol. The minimum absolute atomic E-state index is 0.0992. The minimum Gasteiger partial charge on any atom is -0.352 e. The second-order valence-electron chi connectivity index (χ2n) is 8.03. The van der Waals surface area contributed by atoms with Crippen LogP contribution in [0.25, 0.3) is 0 Å². The van der Waals surface area contributed by atoms with Crippen molar-refractivity contribution in [1.82, 2.24) is 10.2 Å². The van der Waals surface area contributed by atoms with Crippen LogP contribution in [0.3, 0.4) is 0 Å². The van der Waals surface area contributed by atoms with Crippen LogP contribution in [0.15, 0.2) is 48.5 Å². The second-order valence-corrected chi connectivity index (χ2v) is 10.8. The number of nitrogens with one attached hydrogen (secondary N) is 1. The molecule has 180 valence electrons. The van der Waals surface area contributed by atoms with E-state index in [1.807, 2.05) is 44.2 Å². The lowest BCUT2D eigenvalue weighted by atomic mass is 10.1. The van der Waals surface area contributed by atoms with Gasteiger partial charge in [-0.15, -0.1) is 0 Å². The van der Waals surface area contributed by atoms with E-state index in [4.69, 9.17) is 23.2 Å². The van der Waals surface area contributed by atoms with Crippen molar-refractivity contribution in [3.8, 4) is 0 Å². The molecular formula is C23H29Cl2N3O4S. The second kappa shape index (κ2) is 11.7. The molecule has 0 heterocycles. The normalized spacial score (nSPS) is 12.3. The maximum atomic E-state index is 13.4. The summed E-state index contributed by atoms with van der Waals surface area (Å²) in [4.78, 5) is 27.5. The van der Waals surface area contributed by atoms with Gasteiger partial charge in [-0.05, 0) is 51.0 Å². The average molecular weight is 514 g/mol. The minimum atomic E-state index is -3.86. The molecule has 0 aliphatic heterocycles. The maximum absolute atomic E-state index is 13.4. The van der Waals surface area contributed by atoms with Gasteiger partial charge in [0.15, 0.2) is 0 Å². The fraction of sp³-hybridized carbons (Fsp3) is 0.391.